The van der Waals surface area contributed by atoms with Crippen molar-refractivity contribution >= 4 is 11.9 Å². The number of amides is 1. The summed E-state index contributed by atoms with van der Waals surface area (Å²) >= 11 is 0. The van der Waals surface area contributed by atoms with E-state index in [1.165, 1.54) is 47.7 Å². The fourth-order valence-electron chi connectivity index (χ4n) is 3.04. The van der Waals surface area contributed by atoms with Gasteiger partial charge in [-0.3, -0.25) is 14.8 Å². The number of rotatable bonds is 6. The molecule has 0 fully saturated rings. The highest BCUT2D eigenvalue weighted by atomic mass is 19.1. The minimum absolute atomic E-state index is 0.0207. The summed E-state index contributed by atoms with van der Waals surface area (Å²) in [6.45, 7) is 1.76. The van der Waals surface area contributed by atoms with Crippen molar-refractivity contribution in [1.29, 1.82) is 0 Å². The molecule has 0 aliphatic rings. The maximum atomic E-state index is 13.4. The Morgan fingerprint density at radius 1 is 1.06 bits per heavy atom. The summed E-state index contributed by atoms with van der Waals surface area (Å²) in [7, 11) is 0. The van der Waals surface area contributed by atoms with E-state index >= 15 is 0 Å². The Morgan fingerprint density at radius 2 is 1.84 bits per heavy atom. The van der Waals surface area contributed by atoms with E-state index in [1.807, 2.05) is 0 Å². The first kappa shape index (κ1) is 20.8. The molecule has 2 N–H and O–H groups in total. The Bertz CT molecular complexity index is 1310. The quantitative estimate of drug-likeness (QED) is 0.480. The van der Waals surface area contributed by atoms with Gasteiger partial charge in [0.25, 0.3) is 5.91 Å². The maximum Gasteiger partial charge on any atom is 0.337 e. The molecule has 0 aliphatic carbocycles. The first-order chi connectivity index (χ1) is 15.4. The highest BCUT2D eigenvalue weighted by Crippen LogP contribution is 2.19. The number of carbonyl (C=O) groups excluding carboxylic acids is 1. The van der Waals surface area contributed by atoms with Crippen molar-refractivity contribution in [1.82, 2.24) is 30.3 Å². The second-order valence-corrected chi connectivity index (χ2v) is 7.00. The van der Waals surface area contributed by atoms with Crippen molar-refractivity contribution in [3.05, 3.63) is 89.9 Å². The van der Waals surface area contributed by atoms with Gasteiger partial charge < -0.3 is 10.4 Å². The van der Waals surface area contributed by atoms with E-state index in [2.05, 4.69) is 25.6 Å². The fourth-order valence-corrected chi connectivity index (χ4v) is 3.04. The first-order valence-electron chi connectivity index (χ1n) is 9.53. The molecule has 4 rings (SSSR count). The van der Waals surface area contributed by atoms with Gasteiger partial charge in [0.15, 0.2) is 0 Å². The number of carboxylic acid groups (broad SMARTS) is 1. The summed E-state index contributed by atoms with van der Waals surface area (Å²) in [6, 6.07) is 8.65. The van der Waals surface area contributed by atoms with Crippen molar-refractivity contribution in [2.24, 2.45) is 0 Å². The molecule has 1 amide bonds. The molecule has 3 aromatic heterocycles. The average Bonchev–Trinajstić information content (AvgIpc) is 3.30. The summed E-state index contributed by atoms with van der Waals surface area (Å²) in [6.07, 6.45) is 7.23. The molecule has 0 spiro atoms. The number of benzene rings is 1. The van der Waals surface area contributed by atoms with Gasteiger partial charge in [-0.1, -0.05) is 17.3 Å². The number of halogens is 1. The fraction of sp³-hybridized carbons (Fsp3) is 0.0909. The van der Waals surface area contributed by atoms with Gasteiger partial charge >= 0.3 is 5.97 Å². The van der Waals surface area contributed by atoms with Crippen LogP contribution in [0.5, 0.6) is 0 Å². The van der Waals surface area contributed by atoms with Crippen LogP contribution in [0.1, 0.15) is 39.2 Å². The van der Waals surface area contributed by atoms with Crippen molar-refractivity contribution < 1.29 is 19.1 Å². The van der Waals surface area contributed by atoms with Crippen LogP contribution >= 0.6 is 0 Å². The third-order valence-electron chi connectivity index (χ3n) is 4.72. The molecule has 32 heavy (non-hydrogen) atoms. The number of pyridine rings is 2. The van der Waals surface area contributed by atoms with Gasteiger partial charge in [-0.05, 0) is 36.8 Å². The number of hydrogen-bond donors (Lipinski definition) is 2. The van der Waals surface area contributed by atoms with Crippen LogP contribution in [0, 0.1) is 5.82 Å². The minimum atomic E-state index is -1.10. The molecule has 0 saturated carbocycles. The van der Waals surface area contributed by atoms with Crippen molar-refractivity contribution in [3.63, 3.8) is 0 Å². The van der Waals surface area contributed by atoms with Crippen molar-refractivity contribution in [3.8, 4) is 16.9 Å². The number of aromatic carboxylic acids is 1. The third-order valence-corrected chi connectivity index (χ3v) is 4.72. The molecule has 1 unspecified atom stereocenters. The van der Waals surface area contributed by atoms with Crippen molar-refractivity contribution in [2.45, 2.75) is 13.0 Å². The Balaban J connectivity index is 1.54. The van der Waals surface area contributed by atoms with Crippen LogP contribution in [-0.4, -0.2) is 41.9 Å². The molecule has 3 heterocycles. The van der Waals surface area contributed by atoms with E-state index in [0.717, 1.165) is 0 Å². The zero-order chi connectivity index (χ0) is 22.7. The number of carbonyl (C=O) groups is 2. The van der Waals surface area contributed by atoms with Gasteiger partial charge in [-0.15, -0.1) is 5.10 Å². The minimum Gasteiger partial charge on any atom is -0.478 e. The molecule has 9 nitrogen and oxygen atoms in total. The standard InChI is InChI=1S/C22H17FN6O3/c1-13(14-3-2-4-18(23)6-14)26-21(30)16-5-15(8-24-9-16)20-12-29(28-27-20)19-7-17(22(31)32)10-25-11-19/h2-13H,1H3,(H,26,30)(H,31,32). The van der Waals surface area contributed by atoms with E-state index in [1.54, 1.807) is 31.3 Å². The van der Waals surface area contributed by atoms with E-state index in [4.69, 9.17) is 5.11 Å². The van der Waals surface area contributed by atoms with E-state index < -0.39 is 12.0 Å². The number of carboxylic acids is 1. The summed E-state index contributed by atoms with van der Waals surface area (Å²) < 4.78 is 14.8. The predicted octanol–water partition coefficient (Wildman–Crippen LogP) is 3.05. The normalized spacial score (nSPS) is 11.7. The Hall–Kier alpha value is -4.47. The SMILES string of the molecule is CC(NC(=O)c1cncc(-c2cn(-c3cncc(C(=O)O)c3)nn2)c1)c1cccc(F)c1. The number of nitrogens with zero attached hydrogens (tertiary/aromatic N) is 5. The van der Waals surface area contributed by atoms with Crippen LogP contribution < -0.4 is 5.32 Å². The molecule has 1 aromatic carbocycles. The molecule has 0 bridgehead atoms. The highest BCUT2D eigenvalue weighted by molar-refractivity contribution is 5.95. The lowest BCUT2D eigenvalue weighted by Crippen LogP contribution is -2.26. The van der Waals surface area contributed by atoms with Crippen LogP contribution in [0.2, 0.25) is 0 Å². The van der Waals surface area contributed by atoms with Gasteiger partial charge in [0, 0.05) is 24.2 Å². The maximum absolute atomic E-state index is 13.4. The predicted molar refractivity (Wildman–Crippen MR) is 112 cm³/mol. The van der Waals surface area contributed by atoms with Crippen molar-refractivity contribution in [2.75, 3.05) is 0 Å². The summed E-state index contributed by atoms with van der Waals surface area (Å²) in [5, 5.41) is 20.0. The van der Waals surface area contributed by atoms with E-state index in [0.29, 0.717) is 28.1 Å². The van der Waals surface area contributed by atoms with Gasteiger partial charge in [-0.25, -0.2) is 13.9 Å². The number of hydrogen-bond acceptors (Lipinski definition) is 6. The number of aromatic nitrogens is 5. The second kappa shape index (κ2) is 8.72. The van der Waals surface area contributed by atoms with Gasteiger partial charge in [-0.2, -0.15) is 0 Å². The first-order valence-corrected chi connectivity index (χ1v) is 9.53. The molecule has 10 heteroatoms. The highest BCUT2D eigenvalue weighted by Gasteiger charge is 2.15. The van der Waals surface area contributed by atoms with Crippen LogP contribution in [0.4, 0.5) is 4.39 Å². The van der Waals surface area contributed by atoms with Crippen LogP contribution in [-0.2, 0) is 0 Å². The zero-order valence-electron chi connectivity index (χ0n) is 16.8. The zero-order valence-corrected chi connectivity index (χ0v) is 16.8. The third kappa shape index (κ3) is 4.48. The topological polar surface area (TPSA) is 123 Å². The molecule has 0 aliphatic heterocycles. The average molecular weight is 432 g/mol. The molecule has 0 saturated heterocycles. The Kier molecular flexibility index (Phi) is 5.67. The smallest absolute Gasteiger partial charge is 0.337 e. The van der Waals surface area contributed by atoms with Gasteiger partial charge in [0.2, 0.25) is 0 Å². The summed E-state index contributed by atoms with van der Waals surface area (Å²) in [5.41, 5.74) is 2.37. The van der Waals surface area contributed by atoms with Crippen LogP contribution in [0.3, 0.4) is 0 Å². The molecule has 1 atom stereocenters. The van der Waals surface area contributed by atoms with Gasteiger partial charge in [0.1, 0.15) is 11.5 Å². The van der Waals surface area contributed by atoms with Gasteiger partial charge in [0.05, 0.1) is 35.2 Å². The van der Waals surface area contributed by atoms with Crippen LogP contribution in [0.15, 0.2) is 67.4 Å². The molecule has 0 radical (unpaired) electrons. The summed E-state index contributed by atoms with van der Waals surface area (Å²) in [5.74, 6) is -1.85. The second-order valence-electron chi connectivity index (χ2n) is 7.00. The van der Waals surface area contributed by atoms with E-state index in [-0.39, 0.29) is 17.3 Å². The van der Waals surface area contributed by atoms with Crippen LogP contribution in [0.25, 0.3) is 16.9 Å². The summed E-state index contributed by atoms with van der Waals surface area (Å²) in [4.78, 5) is 31.8. The molecular weight excluding hydrogens is 415 g/mol. The lowest BCUT2D eigenvalue weighted by atomic mass is 10.1. The molecular formula is C22H17FN6O3. The van der Waals surface area contributed by atoms with E-state index in [9.17, 15) is 14.0 Å². The number of nitrogens with one attached hydrogen (secondary N) is 1. The molecule has 160 valence electrons. The Labute approximate surface area is 181 Å². The molecule has 4 aromatic rings. The lowest BCUT2D eigenvalue weighted by Gasteiger charge is -2.14. The largest absolute Gasteiger partial charge is 0.478 e. The monoisotopic (exact) mass is 432 g/mol. The lowest BCUT2D eigenvalue weighted by molar-refractivity contribution is 0.0696. The Morgan fingerprint density at radius 3 is 2.62 bits per heavy atom.